The lowest BCUT2D eigenvalue weighted by molar-refractivity contribution is -0.146. The van der Waals surface area contributed by atoms with Gasteiger partial charge in [-0.3, -0.25) is 4.79 Å². The third-order valence-corrected chi connectivity index (χ3v) is 3.66. The molecule has 0 unspecified atom stereocenters. The quantitative estimate of drug-likeness (QED) is 0.889. The van der Waals surface area contributed by atoms with Crippen molar-refractivity contribution in [2.45, 2.75) is 25.0 Å². The van der Waals surface area contributed by atoms with E-state index in [9.17, 15) is 13.6 Å². The molecule has 1 aliphatic heterocycles. The van der Waals surface area contributed by atoms with Gasteiger partial charge in [-0.1, -0.05) is 0 Å². The first kappa shape index (κ1) is 17.8. The van der Waals surface area contributed by atoms with E-state index < -0.39 is 17.2 Å². The topological polar surface area (TPSA) is 50.4 Å². The molecule has 0 radical (unpaired) electrons. The third kappa shape index (κ3) is 4.12. The second-order valence-electron chi connectivity index (χ2n) is 4.87. The molecule has 1 aliphatic rings. The summed E-state index contributed by atoms with van der Waals surface area (Å²) in [6.45, 7) is 1.33. The van der Waals surface area contributed by atoms with Crippen molar-refractivity contribution in [3.63, 3.8) is 0 Å². The average molecular weight is 321 g/mol. The number of carbonyl (C=O) groups excluding carboxylic acids is 1. The number of benzene rings is 1. The number of methoxy groups -OCH3 is 1. The zero-order valence-corrected chi connectivity index (χ0v) is 12.6. The molecule has 0 bridgehead atoms. The predicted octanol–water partition coefficient (Wildman–Crippen LogP) is 1.77. The molecule has 1 saturated heterocycles. The summed E-state index contributed by atoms with van der Waals surface area (Å²) in [4.78, 5) is 12.2. The Morgan fingerprint density at radius 3 is 2.67 bits per heavy atom. The molecular formula is C14H19ClF2N2O2. The van der Waals surface area contributed by atoms with E-state index in [0.717, 1.165) is 18.2 Å². The molecule has 0 saturated carbocycles. The Balaban J connectivity index is 0.00000220. The van der Waals surface area contributed by atoms with Gasteiger partial charge < -0.3 is 15.4 Å². The summed E-state index contributed by atoms with van der Waals surface area (Å²) < 4.78 is 31.9. The van der Waals surface area contributed by atoms with Crippen LogP contribution in [-0.4, -0.2) is 31.7 Å². The molecule has 2 N–H and O–H groups in total. The Kier molecular flexibility index (Phi) is 6.51. The van der Waals surface area contributed by atoms with E-state index in [0.29, 0.717) is 25.9 Å². The van der Waals surface area contributed by atoms with Gasteiger partial charge in [-0.2, -0.15) is 0 Å². The van der Waals surface area contributed by atoms with Gasteiger partial charge in [0.15, 0.2) is 0 Å². The molecule has 2 rings (SSSR count). The summed E-state index contributed by atoms with van der Waals surface area (Å²) in [6.07, 6.45) is 1.11. The van der Waals surface area contributed by atoms with Crippen LogP contribution in [0, 0.1) is 11.6 Å². The number of piperidine rings is 1. The molecule has 7 heteroatoms. The minimum absolute atomic E-state index is 0. The maximum Gasteiger partial charge on any atom is 0.252 e. The smallest absolute Gasteiger partial charge is 0.252 e. The van der Waals surface area contributed by atoms with Crippen molar-refractivity contribution in [2.75, 3.05) is 20.2 Å². The molecule has 1 aromatic carbocycles. The Labute approximate surface area is 128 Å². The van der Waals surface area contributed by atoms with Crippen LogP contribution in [0.2, 0.25) is 0 Å². The lowest BCUT2D eigenvalue weighted by Gasteiger charge is -2.34. The van der Waals surface area contributed by atoms with Gasteiger partial charge in [-0.05, 0) is 44.1 Å². The highest BCUT2D eigenvalue weighted by Gasteiger charge is 2.39. The van der Waals surface area contributed by atoms with Crippen LogP contribution in [0.4, 0.5) is 8.78 Å². The third-order valence-electron chi connectivity index (χ3n) is 3.66. The van der Waals surface area contributed by atoms with Crippen LogP contribution in [0.5, 0.6) is 0 Å². The summed E-state index contributed by atoms with van der Waals surface area (Å²) >= 11 is 0. The number of rotatable bonds is 4. The molecule has 0 aliphatic carbocycles. The van der Waals surface area contributed by atoms with Crippen molar-refractivity contribution in [3.05, 3.63) is 35.4 Å². The Morgan fingerprint density at radius 2 is 2.05 bits per heavy atom. The van der Waals surface area contributed by atoms with Crippen molar-refractivity contribution in [3.8, 4) is 0 Å². The molecule has 1 aromatic rings. The SMILES string of the molecule is COC1(C(=O)NCc2cc(F)ccc2F)CCNCC1.Cl. The van der Waals surface area contributed by atoms with E-state index >= 15 is 0 Å². The highest BCUT2D eigenvalue weighted by molar-refractivity contribution is 5.85. The fraction of sp³-hybridized carbons (Fsp3) is 0.500. The summed E-state index contributed by atoms with van der Waals surface area (Å²) in [6, 6.07) is 3.18. The van der Waals surface area contributed by atoms with Gasteiger partial charge in [-0.15, -0.1) is 12.4 Å². The van der Waals surface area contributed by atoms with Gasteiger partial charge in [-0.25, -0.2) is 8.78 Å². The van der Waals surface area contributed by atoms with Crippen molar-refractivity contribution in [1.29, 1.82) is 0 Å². The molecule has 0 spiro atoms. The van der Waals surface area contributed by atoms with E-state index in [4.69, 9.17) is 4.74 Å². The zero-order chi connectivity index (χ0) is 14.6. The number of hydrogen-bond acceptors (Lipinski definition) is 3. The minimum atomic E-state index is -0.880. The maximum atomic E-state index is 13.5. The van der Waals surface area contributed by atoms with Crippen LogP contribution >= 0.6 is 12.4 Å². The molecule has 1 heterocycles. The summed E-state index contributed by atoms with van der Waals surface area (Å²) in [7, 11) is 1.49. The summed E-state index contributed by atoms with van der Waals surface area (Å²) in [5, 5.41) is 5.78. The minimum Gasteiger partial charge on any atom is -0.368 e. The van der Waals surface area contributed by atoms with E-state index in [-0.39, 0.29) is 30.4 Å². The number of hydrogen-bond donors (Lipinski definition) is 2. The number of carbonyl (C=O) groups is 1. The normalized spacial score (nSPS) is 16.9. The Bertz CT molecular complexity index is 494. The first-order chi connectivity index (χ1) is 9.57. The van der Waals surface area contributed by atoms with E-state index in [1.165, 1.54) is 7.11 Å². The Hall–Kier alpha value is -1.24. The van der Waals surface area contributed by atoms with Crippen LogP contribution < -0.4 is 10.6 Å². The van der Waals surface area contributed by atoms with E-state index in [1.807, 2.05) is 0 Å². The van der Waals surface area contributed by atoms with Gasteiger partial charge >= 0.3 is 0 Å². The molecule has 0 atom stereocenters. The zero-order valence-electron chi connectivity index (χ0n) is 11.7. The standard InChI is InChI=1S/C14H18F2N2O2.ClH/c1-20-14(4-6-17-7-5-14)13(19)18-9-10-8-11(15)2-3-12(10)16;/h2-3,8,17H,4-7,9H2,1H3,(H,18,19);1H. The molecule has 118 valence electrons. The molecular weight excluding hydrogens is 302 g/mol. The highest BCUT2D eigenvalue weighted by Crippen LogP contribution is 2.22. The van der Waals surface area contributed by atoms with E-state index in [1.54, 1.807) is 0 Å². The van der Waals surface area contributed by atoms with Crippen LogP contribution in [0.15, 0.2) is 18.2 Å². The summed E-state index contributed by atoms with van der Waals surface area (Å²) in [5.41, 5.74) is -0.756. The van der Waals surface area contributed by atoms with Crippen molar-refractivity contribution in [1.82, 2.24) is 10.6 Å². The van der Waals surface area contributed by atoms with Crippen molar-refractivity contribution in [2.24, 2.45) is 0 Å². The molecule has 4 nitrogen and oxygen atoms in total. The van der Waals surface area contributed by atoms with Crippen LogP contribution in [-0.2, 0) is 16.1 Å². The molecule has 1 amide bonds. The number of nitrogens with one attached hydrogen (secondary N) is 2. The summed E-state index contributed by atoms with van der Waals surface area (Å²) in [5.74, 6) is -1.35. The predicted molar refractivity (Wildman–Crippen MR) is 77.3 cm³/mol. The lowest BCUT2D eigenvalue weighted by Crippen LogP contribution is -2.54. The van der Waals surface area contributed by atoms with Crippen molar-refractivity contribution >= 4 is 18.3 Å². The Morgan fingerprint density at radius 1 is 1.38 bits per heavy atom. The molecule has 0 aromatic heterocycles. The monoisotopic (exact) mass is 320 g/mol. The van der Waals surface area contributed by atoms with Gasteiger partial charge in [0.05, 0.1) is 0 Å². The van der Waals surface area contributed by atoms with Crippen LogP contribution in [0.3, 0.4) is 0 Å². The largest absolute Gasteiger partial charge is 0.368 e. The van der Waals surface area contributed by atoms with Gasteiger partial charge in [0.25, 0.3) is 5.91 Å². The first-order valence-corrected chi connectivity index (χ1v) is 6.55. The van der Waals surface area contributed by atoms with Crippen LogP contribution in [0.1, 0.15) is 18.4 Å². The second-order valence-corrected chi connectivity index (χ2v) is 4.87. The van der Waals surface area contributed by atoms with Crippen molar-refractivity contribution < 1.29 is 18.3 Å². The maximum absolute atomic E-state index is 13.5. The lowest BCUT2D eigenvalue weighted by atomic mass is 9.91. The average Bonchev–Trinajstić information content (AvgIpc) is 2.48. The van der Waals surface area contributed by atoms with Crippen LogP contribution in [0.25, 0.3) is 0 Å². The molecule has 1 fully saturated rings. The fourth-order valence-electron chi connectivity index (χ4n) is 2.37. The van der Waals surface area contributed by atoms with Gasteiger partial charge in [0, 0.05) is 19.2 Å². The number of ether oxygens (including phenoxy) is 1. The number of halogens is 3. The van der Waals surface area contributed by atoms with Gasteiger partial charge in [0.1, 0.15) is 17.2 Å². The van der Waals surface area contributed by atoms with Gasteiger partial charge in [0.2, 0.25) is 0 Å². The highest BCUT2D eigenvalue weighted by atomic mass is 35.5. The number of amides is 1. The second kappa shape index (κ2) is 7.68. The first-order valence-electron chi connectivity index (χ1n) is 6.55. The van der Waals surface area contributed by atoms with E-state index in [2.05, 4.69) is 10.6 Å². The fourth-order valence-corrected chi connectivity index (χ4v) is 2.37. The molecule has 21 heavy (non-hydrogen) atoms.